The van der Waals surface area contributed by atoms with Crippen molar-refractivity contribution >= 4 is 38.8 Å². The van der Waals surface area contributed by atoms with Crippen LogP contribution in [0.15, 0.2) is 54.9 Å². The minimum atomic E-state index is -3.48. The van der Waals surface area contributed by atoms with Crippen molar-refractivity contribution in [3.05, 3.63) is 54.9 Å². The van der Waals surface area contributed by atoms with E-state index in [2.05, 4.69) is 15.3 Å². The van der Waals surface area contributed by atoms with Gasteiger partial charge in [-0.2, -0.15) is 0 Å². The molecule has 0 atom stereocenters. The van der Waals surface area contributed by atoms with Crippen LogP contribution in [0.5, 0.6) is 5.88 Å². The number of hydrogen-bond donors (Lipinski definition) is 1. The molecule has 9 nitrogen and oxygen atoms in total. The van der Waals surface area contributed by atoms with E-state index in [1.807, 2.05) is 41.3 Å². The number of benzene rings is 1. The number of carbonyl (C=O) groups is 1. The molecule has 1 saturated heterocycles. The maximum absolute atomic E-state index is 11.9. The number of sulfonamides is 1. The van der Waals surface area contributed by atoms with Crippen molar-refractivity contribution in [2.45, 2.75) is 12.8 Å². The number of rotatable bonds is 7. The molecule has 0 radical (unpaired) electrons. The van der Waals surface area contributed by atoms with Gasteiger partial charge in [-0.1, -0.05) is 12.1 Å². The van der Waals surface area contributed by atoms with E-state index < -0.39 is 10.0 Å². The number of carbonyl (C=O) groups excluding carboxylic acids is 1. The lowest BCUT2D eigenvalue weighted by Crippen LogP contribution is -2.25. The third-order valence-corrected chi connectivity index (χ3v) is 6.68. The number of pyridine rings is 2. The summed E-state index contributed by atoms with van der Waals surface area (Å²) in [5.41, 5.74) is 3.73. The molecule has 1 fully saturated rings. The van der Waals surface area contributed by atoms with E-state index in [0.29, 0.717) is 23.6 Å². The van der Waals surface area contributed by atoms with Gasteiger partial charge in [0.15, 0.2) is 0 Å². The number of aromatic nitrogens is 2. The second-order valence-electron chi connectivity index (χ2n) is 7.74. The van der Waals surface area contributed by atoms with Gasteiger partial charge in [0.2, 0.25) is 21.8 Å². The van der Waals surface area contributed by atoms with Crippen LogP contribution in [0.4, 0.5) is 22.9 Å². The van der Waals surface area contributed by atoms with Crippen LogP contribution in [-0.4, -0.2) is 51.3 Å². The summed E-state index contributed by atoms with van der Waals surface area (Å²) in [6, 6.07) is 13.3. The fraction of sp³-hybridized carbons (Fsp3) is 0.261. The Kier molecular flexibility index (Phi) is 6.19. The van der Waals surface area contributed by atoms with Gasteiger partial charge < -0.3 is 15.0 Å². The number of anilines is 4. The number of ether oxygens (including phenoxy) is 1. The predicted molar refractivity (Wildman–Crippen MR) is 129 cm³/mol. The SMILES string of the molecule is COc1ncc(Nc2ccc(-c3ccc(N4CCCC4=O)cc3)cn2)cc1N(C)S(C)(=O)=O. The van der Waals surface area contributed by atoms with Gasteiger partial charge in [-0.15, -0.1) is 0 Å². The zero-order valence-electron chi connectivity index (χ0n) is 18.6. The molecule has 0 aliphatic carbocycles. The Morgan fingerprint density at radius 3 is 2.36 bits per heavy atom. The first-order valence-electron chi connectivity index (χ1n) is 10.4. The monoisotopic (exact) mass is 467 g/mol. The third kappa shape index (κ3) is 4.90. The first kappa shape index (κ1) is 22.5. The quantitative estimate of drug-likeness (QED) is 0.568. The molecular formula is C23H25N5O4S. The fourth-order valence-corrected chi connectivity index (χ4v) is 4.10. The van der Waals surface area contributed by atoms with Crippen LogP contribution in [0.2, 0.25) is 0 Å². The normalized spacial score (nSPS) is 13.8. The molecule has 2 aromatic heterocycles. The minimum absolute atomic E-state index is 0.166. The number of methoxy groups -OCH3 is 1. The number of hydrogen-bond acceptors (Lipinski definition) is 7. The standard InChI is InChI=1S/C23H25N5O4S/c1-27(33(3,30)31)20-13-18(15-25-23(20)32-2)26-21-11-8-17(14-24-21)16-6-9-19(10-7-16)28-12-4-5-22(28)29/h6-11,13-15H,4-5,12H2,1-3H3,(H,24,26). The molecule has 1 N–H and O–H groups in total. The van der Waals surface area contributed by atoms with Crippen LogP contribution in [0.1, 0.15) is 12.8 Å². The Balaban J connectivity index is 1.50. The van der Waals surface area contributed by atoms with Gasteiger partial charge in [-0.05, 0) is 42.3 Å². The minimum Gasteiger partial charge on any atom is -0.479 e. The van der Waals surface area contributed by atoms with Crippen LogP contribution in [-0.2, 0) is 14.8 Å². The van der Waals surface area contributed by atoms with Crippen molar-refractivity contribution in [3.8, 4) is 17.0 Å². The molecule has 33 heavy (non-hydrogen) atoms. The zero-order chi connectivity index (χ0) is 23.6. The van der Waals surface area contributed by atoms with Crippen LogP contribution in [0.25, 0.3) is 11.1 Å². The van der Waals surface area contributed by atoms with Gasteiger partial charge in [0.25, 0.3) is 0 Å². The molecule has 1 aromatic carbocycles. The molecule has 3 aromatic rings. The van der Waals surface area contributed by atoms with Crippen molar-refractivity contribution in [1.82, 2.24) is 9.97 Å². The van der Waals surface area contributed by atoms with E-state index in [9.17, 15) is 13.2 Å². The third-order valence-electron chi connectivity index (χ3n) is 5.48. The van der Waals surface area contributed by atoms with Crippen molar-refractivity contribution in [1.29, 1.82) is 0 Å². The Hall–Kier alpha value is -3.66. The molecule has 0 unspecified atom stereocenters. The van der Waals surface area contributed by atoms with Crippen molar-refractivity contribution < 1.29 is 17.9 Å². The Labute approximate surface area is 193 Å². The topological polar surface area (TPSA) is 105 Å². The highest BCUT2D eigenvalue weighted by Crippen LogP contribution is 2.31. The lowest BCUT2D eigenvalue weighted by Gasteiger charge is -2.19. The summed E-state index contributed by atoms with van der Waals surface area (Å²) in [6.07, 6.45) is 5.91. The first-order chi connectivity index (χ1) is 15.8. The second kappa shape index (κ2) is 9.07. The summed E-state index contributed by atoms with van der Waals surface area (Å²) in [5, 5.41) is 3.14. The molecule has 0 spiro atoms. The van der Waals surface area contributed by atoms with E-state index in [1.165, 1.54) is 14.2 Å². The van der Waals surface area contributed by atoms with Gasteiger partial charge in [-0.3, -0.25) is 9.10 Å². The average Bonchev–Trinajstić information content (AvgIpc) is 3.24. The summed E-state index contributed by atoms with van der Waals surface area (Å²) in [7, 11) is -0.601. The smallest absolute Gasteiger partial charge is 0.238 e. The van der Waals surface area contributed by atoms with Crippen LogP contribution in [0, 0.1) is 0 Å². The van der Waals surface area contributed by atoms with E-state index in [4.69, 9.17) is 4.74 Å². The Morgan fingerprint density at radius 2 is 1.79 bits per heavy atom. The van der Waals surface area contributed by atoms with Gasteiger partial charge in [-0.25, -0.2) is 18.4 Å². The van der Waals surface area contributed by atoms with Crippen LogP contribution in [0.3, 0.4) is 0 Å². The van der Waals surface area contributed by atoms with E-state index in [1.54, 1.807) is 18.5 Å². The number of amides is 1. The van der Waals surface area contributed by atoms with Crippen LogP contribution < -0.4 is 19.3 Å². The second-order valence-corrected chi connectivity index (χ2v) is 9.75. The molecular weight excluding hydrogens is 442 g/mol. The molecule has 172 valence electrons. The molecule has 3 heterocycles. The number of nitrogens with one attached hydrogen (secondary N) is 1. The van der Waals surface area contributed by atoms with Crippen molar-refractivity contribution in [2.24, 2.45) is 0 Å². The van der Waals surface area contributed by atoms with Crippen molar-refractivity contribution in [3.63, 3.8) is 0 Å². The molecule has 0 saturated carbocycles. The summed E-state index contributed by atoms with van der Waals surface area (Å²) >= 11 is 0. The predicted octanol–water partition coefficient (Wildman–Crippen LogP) is 3.42. The Bertz CT molecular complexity index is 1260. The maximum Gasteiger partial charge on any atom is 0.238 e. The molecule has 0 bridgehead atoms. The average molecular weight is 468 g/mol. The summed E-state index contributed by atoms with van der Waals surface area (Å²) in [4.78, 5) is 22.4. The van der Waals surface area contributed by atoms with Crippen LogP contribution >= 0.6 is 0 Å². The van der Waals surface area contributed by atoms with Gasteiger partial charge in [0, 0.05) is 37.5 Å². The molecule has 10 heteroatoms. The molecule has 1 amide bonds. The molecule has 1 aliphatic heterocycles. The fourth-order valence-electron chi connectivity index (χ4n) is 3.61. The molecule has 4 rings (SSSR count). The summed E-state index contributed by atoms with van der Waals surface area (Å²) < 4.78 is 30.2. The zero-order valence-corrected chi connectivity index (χ0v) is 19.5. The maximum atomic E-state index is 11.9. The number of nitrogens with zero attached hydrogens (tertiary/aromatic N) is 4. The largest absolute Gasteiger partial charge is 0.479 e. The van der Waals surface area contributed by atoms with E-state index >= 15 is 0 Å². The highest BCUT2D eigenvalue weighted by atomic mass is 32.2. The highest BCUT2D eigenvalue weighted by molar-refractivity contribution is 7.92. The lowest BCUT2D eigenvalue weighted by atomic mass is 10.1. The van der Waals surface area contributed by atoms with E-state index in [-0.39, 0.29) is 11.8 Å². The van der Waals surface area contributed by atoms with Gasteiger partial charge >= 0.3 is 0 Å². The van der Waals surface area contributed by atoms with E-state index in [0.717, 1.165) is 40.3 Å². The Morgan fingerprint density at radius 1 is 1.06 bits per heavy atom. The van der Waals surface area contributed by atoms with Gasteiger partial charge in [0.05, 0.1) is 25.2 Å². The first-order valence-corrected chi connectivity index (χ1v) is 12.2. The van der Waals surface area contributed by atoms with Gasteiger partial charge in [0.1, 0.15) is 11.5 Å². The highest BCUT2D eigenvalue weighted by Gasteiger charge is 2.21. The summed E-state index contributed by atoms with van der Waals surface area (Å²) in [6.45, 7) is 0.766. The summed E-state index contributed by atoms with van der Waals surface area (Å²) in [5.74, 6) is 0.951. The molecule has 1 aliphatic rings. The van der Waals surface area contributed by atoms with Crippen molar-refractivity contribution in [2.75, 3.05) is 41.5 Å². The lowest BCUT2D eigenvalue weighted by molar-refractivity contribution is -0.117.